The average molecular weight is 380 g/mol. The zero-order chi connectivity index (χ0) is 19.1. The minimum Gasteiger partial charge on any atom is -0.458 e. The number of hydrogen-bond donors (Lipinski definition) is 1. The Kier molecular flexibility index (Phi) is 4.99. The summed E-state index contributed by atoms with van der Waals surface area (Å²) >= 11 is 6.36. The van der Waals surface area contributed by atoms with Gasteiger partial charge in [0, 0.05) is 5.39 Å². The maximum atomic E-state index is 11.8. The van der Waals surface area contributed by atoms with Crippen LogP contribution in [0.15, 0.2) is 22.6 Å². The highest BCUT2D eigenvalue weighted by Crippen LogP contribution is 2.28. The number of alkyl carbamates (subject to hydrolysis) is 1. The molecule has 8 heteroatoms. The van der Waals surface area contributed by atoms with Crippen LogP contribution >= 0.6 is 11.6 Å². The van der Waals surface area contributed by atoms with E-state index in [9.17, 15) is 4.79 Å². The molecule has 1 aliphatic heterocycles. The molecule has 0 unspecified atom stereocenters. The molecule has 1 N–H and O–H groups in total. The van der Waals surface area contributed by atoms with Crippen LogP contribution in [0.3, 0.4) is 0 Å². The molecule has 2 heterocycles. The van der Waals surface area contributed by atoms with Gasteiger partial charge in [0.1, 0.15) is 11.4 Å². The number of hydrogen-bond acceptors (Lipinski definition) is 5. The summed E-state index contributed by atoms with van der Waals surface area (Å²) in [6.45, 7) is 10.1. The van der Waals surface area contributed by atoms with Crippen LogP contribution in [0.4, 0.5) is 4.79 Å². The predicted octanol–water partition coefficient (Wildman–Crippen LogP) is 3.63. The van der Waals surface area contributed by atoms with Crippen molar-refractivity contribution >= 4 is 41.2 Å². The molecule has 0 bridgehead atoms. The summed E-state index contributed by atoms with van der Waals surface area (Å²) in [5.41, 5.74) is 0.519. The number of ether oxygens (including phenoxy) is 1. The van der Waals surface area contributed by atoms with Crippen molar-refractivity contribution in [2.75, 3.05) is 6.61 Å². The Morgan fingerprint density at radius 1 is 1.35 bits per heavy atom. The molecular formula is C18H23BClNO5. The first-order valence-corrected chi connectivity index (χ1v) is 8.88. The zero-order valence-corrected chi connectivity index (χ0v) is 16.4. The van der Waals surface area contributed by atoms with Gasteiger partial charge < -0.3 is 23.8 Å². The van der Waals surface area contributed by atoms with Crippen molar-refractivity contribution in [3.05, 3.63) is 29.0 Å². The van der Waals surface area contributed by atoms with Crippen molar-refractivity contribution in [3.63, 3.8) is 0 Å². The summed E-state index contributed by atoms with van der Waals surface area (Å²) in [4.78, 5) is 11.8. The van der Waals surface area contributed by atoms with E-state index in [4.69, 9.17) is 30.1 Å². The smallest absolute Gasteiger partial charge is 0.458 e. The maximum absolute atomic E-state index is 11.8. The third-order valence-corrected chi connectivity index (χ3v) is 4.01. The second-order valence-electron chi connectivity index (χ2n) is 8.01. The van der Waals surface area contributed by atoms with Crippen molar-refractivity contribution in [2.45, 2.75) is 52.4 Å². The molecule has 3 rings (SSSR count). The van der Waals surface area contributed by atoms with Crippen molar-refractivity contribution in [1.29, 1.82) is 0 Å². The number of benzene rings is 1. The highest BCUT2D eigenvalue weighted by atomic mass is 35.5. The SMILES string of the molecule is CC(C)(C)OC(=O)NCc1cc2cc(B3OCC(C)(C)O3)cc(Cl)c2o1. The number of carbonyl (C=O) groups excluding carboxylic acids is 1. The topological polar surface area (TPSA) is 69.9 Å². The molecule has 0 aliphatic carbocycles. The molecule has 0 saturated carbocycles. The first kappa shape index (κ1) is 19.1. The lowest BCUT2D eigenvalue weighted by molar-refractivity contribution is 0.0520. The van der Waals surface area contributed by atoms with Gasteiger partial charge >= 0.3 is 13.2 Å². The number of rotatable bonds is 3. The summed E-state index contributed by atoms with van der Waals surface area (Å²) in [6, 6.07) is 5.54. The Balaban J connectivity index is 1.74. The fourth-order valence-corrected chi connectivity index (χ4v) is 2.95. The van der Waals surface area contributed by atoms with E-state index in [1.54, 1.807) is 6.07 Å². The molecule has 1 fully saturated rings. The first-order valence-electron chi connectivity index (χ1n) is 8.51. The Morgan fingerprint density at radius 2 is 2.08 bits per heavy atom. The summed E-state index contributed by atoms with van der Waals surface area (Å²) < 4.78 is 22.6. The van der Waals surface area contributed by atoms with Gasteiger partial charge in [-0.05, 0) is 52.2 Å². The summed E-state index contributed by atoms with van der Waals surface area (Å²) in [5, 5.41) is 3.96. The highest BCUT2D eigenvalue weighted by molar-refractivity contribution is 6.62. The largest absolute Gasteiger partial charge is 0.494 e. The maximum Gasteiger partial charge on any atom is 0.494 e. The monoisotopic (exact) mass is 379 g/mol. The van der Waals surface area contributed by atoms with E-state index in [2.05, 4.69) is 5.32 Å². The van der Waals surface area contributed by atoms with Gasteiger partial charge in [0.25, 0.3) is 0 Å². The molecule has 0 spiro atoms. The first-order chi connectivity index (χ1) is 12.0. The molecule has 6 nitrogen and oxygen atoms in total. The van der Waals surface area contributed by atoms with Gasteiger partial charge in [-0.1, -0.05) is 17.7 Å². The fourth-order valence-electron chi connectivity index (χ4n) is 2.68. The van der Waals surface area contributed by atoms with Crippen molar-refractivity contribution in [2.24, 2.45) is 0 Å². The highest BCUT2D eigenvalue weighted by Gasteiger charge is 2.38. The summed E-state index contributed by atoms with van der Waals surface area (Å²) in [7, 11) is -0.454. The van der Waals surface area contributed by atoms with Gasteiger partial charge in [-0.3, -0.25) is 0 Å². The van der Waals surface area contributed by atoms with E-state index in [1.807, 2.05) is 46.8 Å². The van der Waals surface area contributed by atoms with Crippen LogP contribution in [0.2, 0.25) is 5.02 Å². The lowest BCUT2D eigenvalue weighted by Gasteiger charge is -2.19. The number of nitrogens with one attached hydrogen (secondary N) is 1. The van der Waals surface area contributed by atoms with E-state index in [1.165, 1.54) is 0 Å². The van der Waals surface area contributed by atoms with E-state index in [0.29, 0.717) is 23.0 Å². The van der Waals surface area contributed by atoms with Crippen LogP contribution in [0.25, 0.3) is 11.0 Å². The van der Waals surface area contributed by atoms with Crippen LogP contribution < -0.4 is 10.8 Å². The summed E-state index contributed by atoms with van der Waals surface area (Å²) in [6.07, 6.45) is -0.500. The van der Waals surface area contributed by atoms with Gasteiger partial charge in [-0.2, -0.15) is 0 Å². The Morgan fingerprint density at radius 3 is 2.69 bits per heavy atom. The predicted molar refractivity (Wildman–Crippen MR) is 101 cm³/mol. The third kappa shape index (κ3) is 4.52. The molecule has 140 valence electrons. The second kappa shape index (κ2) is 6.80. The average Bonchev–Trinajstić information content (AvgIpc) is 3.06. The molecule has 1 saturated heterocycles. The Hall–Kier alpha value is -1.70. The number of fused-ring (bicyclic) bond motifs is 1. The van der Waals surface area contributed by atoms with Crippen molar-refractivity contribution < 1.29 is 23.3 Å². The van der Waals surface area contributed by atoms with Gasteiger partial charge in [0.2, 0.25) is 0 Å². The summed E-state index contributed by atoms with van der Waals surface area (Å²) in [5.74, 6) is 0.582. The lowest BCUT2D eigenvalue weighted by atomic mass is 9.79. The molecule has 1 amide bonds. The molecule has 0 radical (unpaired) electrons. The minimum atomic E-state index is -0.550. The van der Waals surface area contributed by atoms with E-state index >= 15 is 0 Å². The fraction of sp³-hybridized carbons (Fsp3) is 0.500. The Bertz CT molecular complexity index is 827. The van der Waals surface area contributed by atoms with Gasteiger partial charge in [-0.25, -0.2) is 4.79 Å². The normalized spacial score (nSPS) is 16.9. The zero-order valence-electron chi connectivity index (χ0n) is 15.6. The van der Waals surface area contributed by atoms with Crippen LogP contribution in [0.5, 0.6) is 0 Å². The van der Waals surface area contributed by atoms with E-state index in [-0.39, 0.29) is 12.1 Å². The second-order valence-corrected chi connectivity index (χ2v) is 8.42. The number of carbonyl (C=O) groups is 1. The number of furan rings is 1. The third-order valence-electron chi connectivity index (χ3n) is 3.73. The number of amides is 1. The molecule has 1 aromatic heterocycles. The lowest BCUT2D eigenvalue weighted by Crippen LogP contribution is -2.34. The van der Waals surface area contributed by atoms with Gasteiger partial charge in [0.15, 0.2) is 5.58 Å². The van der Waals surface area contributed by atoms with Crippen LogP contribution in [-0.4, -0.2) is 31.0 Å². The van der Waals surface area contributed by atoms with E-state index in [0.717, 1.165) is 10.8 Å². The van der Waals surface area contributed by atoms with Gasteiger partial charge in [-0.15, -0.1) is 0 Å². The quantitative estimate of drug-likeness (QED) is 0.825. The van der Waals surface area contributed by atoms with Crippen LogP contribution in [0.1, 0.15) is 40.4 Å². The van der Waals surface area contributed by atoms with Crippen LogP contribution in [-0.2, 0) is 20.6 Å². The molecule has 1 aliphatic rings. The molecule has 0 atom stereocenters. The molecule has 26 heavy (non-hydrogen) atoms. The van der Waals surface area contributed by atoms with Crippen molar-refractivity contribution in [1.82, 2.24) is 5.32 Å². The van der Waals surface area contributed by atoms with Gasteiger partial charge in [0.05, 0.1) is 23.8 Å². The molecular weight excluding hydrogens is 356 g/mol. The molecule has 2 aromatic rings. The van der Waals surface area contributed by atoms with Crippen molar-refractivity contribution in [3.8, 4) is 0 Å². The van der Waals surface area contributed by atoms with Crippen LogP contribution in [0, 0.1) is 0 Å². The van der Waals surface area contributed by atoms with E-state index < -0.39 is 18.8 Å². The molecule has 1 aromatic carbocycles. The number of halogens is 1. The standard InChI is InChI=1S/C18H23BClNO5/c1-17(2,3)25-16(22)21-9-13-7-11-6-12(8-14(20)15(11)24-13)19-23-10-18(4,5)26-19/h6-8H,9-10H2,1-5H3,(H,21,22). The Labute approximate surface area is 158 Å². The minimum absolute atomic E-state index is 0.207.